The van der Waals surface area contributed by atoms with Gasteiger partial charge in [0.2, 0.25) is 0 Å². The van der Waals surface area contributed by atoms with Crippen LogP contribution in [-0.4, -0.2) is 59.9 Å². The summed E-state index contributed by atoms with van der Waals surface area (Å²) >= 11 is 5.90. The summed E-state index contributed by atoms with van der Waals surface area (Å²) in [5.41, 5.74) is 1.85. The minimum absolute atomic E-state index is 0.0581. The van der Waals surface area contributed by atoms with Crippen LogP contribution in [0.1, 0.15) is 26.4 Å². The average Bonchev–Trinajstić information content (AvgIpc) is 2.79. The molecule has 0 N–H and O–H groups in total. The lowest BCUT2D eigenvalue weighted by Crippen LogP contribution is -2.50. The Hall–Kier alpha value is -3.19. The van der Waals surface area contributed by atoms with E-state index in [-0.39, 0.29) is 11.5 Å². The van der Waals surface area contributed by atoms with Crippen molar-refractivity contribution in [2.45, 2.75) is 6.92 Å². The Morgan fingerprint density at radius 3 is 2.26 bits per heavy atom. The highest BCUT2D eigenvalue weighted by Crippen LogP contribution is 2.23. The quantitative estimate of drug-likeness (QED) is 0.617. The van der Waals surface area contributed by atoms with Crippen molar-refractivity contribution >= 4 is 34.3 Å². The zero-order valence-corrected chi connectivity index (χ0v) is 17.9. The van der Waals surface area contributed by atoms with E-state index in [0.29, 0.717) is 48.2 Å². The first-order valence-electron chi connectivity index (χ1n) is 9.86. The maximum absolute atomic E-state index is 14.0. The molecule has 1 fully saturated rings. The second-order valence-corrected chi connectivity index (χ2v) is 7.82. The third-order valence-corrected chi connectivity index (χ3v) is 5.69. The van der Waals surface area contributed by atoms with E-state index in [1.165, 1.54) is 23.1 Å². The molecule has 0 unspecified atom stereocenters. The van der Waals surface area contributed by atoms with Gasteiger partial charge in [-0.2, -0.15) is 0 Å². The molecule has 0 bridgehead atoms. The maximum Gasteiger partial charge on any atom is 0.257 e. The van der Waals surface area contributed by atoms with E-state index >= 15 is 0 Å². The number of aryl methyl sites for hydroxylation is 1. The van der Waals surface area contributed by atoms with Crippen LogP contribution in [0.5, 0.6) is 5.75 Å². The van der Waals surface area contributed by atoms with Gasteiger partial charge in [0.15, 0.2) is 0 Å². The summed E-state index contributed by atoms with van der Waals surface area (Å²) in [6, 6.07) is 11.3. The highest BCUT2D eigenvalue weighted by atomic mass is 35.5. The first-order chi connectivity index (χ1) is 14.9. The molecule has 160 valence electrons. The van der Waals surface area contributed by atoms with E-state index in [2.05, 4.69) is 4.98 Å². The summed E-state index contributed by atoms with van der Waals surface area (Å²) < 4.78 is 19.3. The van der Waals surface area contributed by atoms with E-state index in [9.17, 15) is 14.0 Å². The van der Waals surface area contributed by atoms with Crippen molar-refractivity contribution in [2.24, 2.45) is 0 Å². The highest BCUT2D eigenvalue weighted by Gasteiger charge is 2.28. The summed E-state index contributed by atoms with van der Waals surface area (Å²) in [6.07, 6.45) is 0. The van der Waals surface area contributed by atoms with E-state index in [1.807, 2.05) is 24.3 Å². The van der Waals surface area contributed by atoms with Crippen molar-refractivity contribution in [3.05, 3.63) is 70.1 Å². The normalized spacial score (nSPS) is 14.1. The number of fused-ring (bicyclic) bond motifs is 1. The summed E-state index contributed by atoms with van der Waals surface area (Å²) in [4.78, 5) is 33.6. The number of carbonyl (C=O) groups is 2. The first-order valence-corrected chi connectivity index (χ1v) is 10.2. The molecule has 6 nitrogen and oxygen atoms in total. The number of hydrogen-bond acceptors (Lipinski definition) is 4. The fourth-order valence-electron chi connectivity index (χ4n) is 3.70. The van der Waals surface area contributed by atoms with E-state index in [0.717, 1.165) is 10.9 Å². The SMILES string of the molecule is COc1ccc2cc(C(=O)N3CCN(C(=O)c4cc(Cl)ccc4F)CC3)c(C)nc2c1. The van der Waals surface area contributed by atoms with Crippen LogP contribution in [0.2, 0.25) is 5.02 Å². The van der Waals surface area contributed by atoms with Crippen LogP contribution >= 0.6 is 11.6 Å². The van der Waals surface area contributed by atoms with Crippen LogP contribution in [0, 0.1) is 12.7 Å². The molecule has 8 heteroatoms. The third-order valence-electron chi connectivity index (χ3n) is 5.46. The lowest BCUT2D eigenvalue weighted by atomic mass is 10.1. The summed E-state index contributed by atoms with van der Waals surface area (Å²) in [6.45, 7) is 3.13. The number of methoxy groups -OCH3 is 1. The number of piperazine rings is 1. The van der Waals surface area contributed by atoms with Crippen LogP contribution in [0.4, 0.5) is 4.39 Å². The molecule has 31 heavy (non-hydrogen) atoms. The molecule has 3 aromatic rings. The molecule has 1 aliphatic rings. The van der Waals surface area contributed by atoms with Gasteiger partial charge in [-0.15, -0.1) is 0 Å². The number of aromatic nitrogens is 1. The van der Waals surface area contributed by atoms with Gasteiger partial charge in [-0.25, -0.2) is 4.39 Å². The van der Waals surface area contributed by atoms with Gasteiger partial charge in [0.25, 0.3) is 11.8 Å². The minimum atomic E-state index is -0.609. The van der Waals surface area contributed by atoms with Crippen molar-refractivity contribution in [3.63, 3.8) is 0 Å². The number of amides is 2. The van der Waals surface area contributed by atoms with Gasteiger partial charge in [-0.3, -0.25) is 14.6 Å². The molecule has 0 aliphatic carbocycles. The number of hydrogen-bond donors (Lipinski definition) is 0. The van der Waals surface area contributed by atoms with Crippen LogP contribution < -0.4 is 4.74 Å². The standard InChI is InChI=1S/C23H21ClFN3O3/c1-14-18(11-15-3-5-17(31-2)13-21(15)26-14)22(29)27-7-9-28(10-8-27)23(30)19-12-16(24)4-6-20(19)25/h3-6,11-13H,7-10H2,1-2H3. The molecule has 0 atom stereocenters. The molecule has 4 rings (SSSR count). The number of ether oxygens (including phenoxy) is 1. The minimum Gasteiger partial charge on any atom is -0.497 e. The van der Waals surface area contributed by atoms with Gasteiger partial charge in [-0.05, 0) is 43.3 Å². The second kappa shape index (κ2) is 8.51. The van der Waals surface area contributed by atoms with E-state index < -0.39 is 11.7 Å². The Morgan fingerprint density at radius 2 is 1.61 bits per heavy atom. The van der Waals surface area contributed by atoms with Crippen LogP contribution in [0.25, 0.3) is 10.9 Å². The van der Waals surface area contributed by atoms with Crippen molar-refractivity contribution in [1.82, 2.24) is 14.8 Å². The zero-order valence-electron chi connectivity index (χ0n) is 17.2. The lowest BCUT2D eigenvalue weighted by molar-refractivity contribution is 0.0532. The molecular weight excluding hydrogens is 421 g/mol. The largest absolute Gasteiger partial charge is 0.497 e. The van der Waals surface area contributed by atoms with Gasteiger partial charge < -0.3 is 14.5 Å². The first kappa shape index (κ1) is 21.1. The molecule has 1 saturated heterocycles. The molecule has 1 aliphatic heterocycles. The van der Waals surface area contributed by atoms with Gasteiger partial charge in [0.1, 0.15) is 11.6 Å². The molecule has 2 heterocycles. The number of rotatable bonds is 3. The number of benzene rings is 2. The number of nitrogens with zero attached hydrogens (tertiary/aromatic N) is 3. The Labute approximate surface area is 184 Å². The lowest BCUT2D eigenvalue weighted by Gasteiger charge is -2.35. The summed E-state index contributed by atoms with van der Waals surface area (Å²) in [5, 5.41) is 1.15. The van der Waals surface area contributed by atoms with Crippen molar-refractivity contribution in [1.29, 1.82) is 0 Å². The predicted octanol–water partition coefficient (Wildman–Crippen LogP) is 3.94. The molecule has 0 spiro atoms. The Kier molecular flexibility index (Phi) is 5.78. The van der Waals surface area contributed by atoms with Crippen LogP contribution in [0.15, 0.2) is 42.5 Å². The second-order valence-electron chi connectivity index (χ2n) is 7.39. The van der Waals surface area contributed by atoms with Gasteiger partial charge in [0.05, 0.1) is 29.4 Å². The van der Waals surface area contributed by atoms with Crippen LogP contribution in [-0.2, 0) is 0 Å². The predicted molar refractivity (Wildman–Crippen MR) is 116 cm³/mol. The Morgan fingerprint density at radius 1 is 0.968 bits per heavy atom. The van der Waals surface area contributed by atoms with Crippen molar-refractivity contribution in [3.8, 4) is 5.75 Å². The maximum atomic E-state index is 14.0. The van der Waals surface area contributed by atoms with E-state index in [4.69, 9.17) is 16.3 Å². The molecule has 0 saturated carbocycles. The van der Waals surface area contributed by atoms with E-state index in [1.54, 1.807) is 18.9 Å². The molecule has 0 radical (unpaired) electrons. The molecule has 2 amide bonds. The number of pyridine rings is 1. The number of carbonyl (C=O) groups excluding carboxylic acids is 2. The topological polar surface area (TPSA) is 62.7 Å². The summed E-state index contributed by atoms with van der Waals surface area (Å²) in [7, 11) is 1.59. The van der Waals surface area contributed by atoms with Crippen LogP contribution in [0.3, 0.4) is 0 Å². The third kappa shape index (κ3) is 4.18. The molecule has 1 aromatic heterocycles. The average molecular weight is 442 g/mol. The molecule has 2 aromatic carbocycles. The highest BCUT2D eigenvalue weighted by molar-refractivity contribution is 6.31. The summed E-state index contributed by atoms with van der Waals surface area (Å²) in [5.74, 6) is -0.467. The zero-order chi connectivity index (χ0) is 22.1. The van der Waals surface area contributed by atoms with Crippen molar-refractivity contribution in [2.75, 3.05) is 33.3 Å². The molecular formula is C23H21ClFN3O3. The van der Waals surface area contributed by atoms with Gasteiger partial charge in [0, 0.05) is 42.7 Å². The van der Waals surface area contributed by atoms with Gasteiger partial charge >= 0.3 is 0 Å². The smallest absolute Gasteiger partial charge is 0.257 e. The van der Waals surface area contributed by atoms with Gasteiger partial charge in [-0.1, -0.05) is 11.6 Å². The number of halogens is 2. The fraction of sp³-hybridized carbons (Fsp3) is 0.261. The fourth-order valence-corrected chi connectivity index (χ4v) is 3.87. The Bertz CT molecular complexity index is 1180. The Balaban J connectivity index is 1.48. The van der Waals surface area contributed by atoms with Crippen molar-refractivity contribution < 1.29 is 18.7 Å². The monoisotopic (exact) mass is 441 g/mol.